The predicted octanol–water partition coefficient (Wildman–Crippen LogP) is 4.17. The van der Waals surface area contributed by atoms with Gasteiger partial charge in [-0.1, -0.05) is 42.0 Å². The van der Waals surface area contributed by atoms with Gasteiger partial charge in [-0.2, -0.15) is 0 Å². The van der Waals surface area contributed by atoms with E-state index in [1.807, 2.05) is 0 Å². The molecule has 0 bridgehead atoms. The first-order valence-electron chi connectivity index (χ1n) is 9.63. The Kier molecular flexibility index (Phi) is 5.53. The van der Waals surface area contributed by atoms with Crippen LogP contribution in [0.5, 0.6) is 0 Å². The fraction of sp³-hybridized carbons (Fsp3) is 0.318. The van der Waals surface area contributed by atoms with E-state index >= 15 is 0 Å². The van der Waals surface area contributed by atoms with Gasteiger partial charge < -0.3 is 9.30 Å². The lowest BCUT2D eigenvalue weighted by atomic mass is 10.1. The van der Waals surface area contributed by atoms with Crippen molar-refractivity contribution in [2.24, 2.45) is 0 Å². The molecule has 5 rings (SSSR count). The third kappa shape index (κ3) is 3.48. The Morgan fingerprint density at radius 2 is 1.64 bits per heavy atom. The molecule has 2 aromatic heterocycles. The van der Waals surface area contributed by atoms with E-state index in [0.717, 1.165) is 56.4 Å². The molecule has 6 heteroatoms. The highest BCUT2D eigenvalue weighted by molar-refractivity contribution is 8.93. The van der Waals surface area contributed by atoms with E-state index in [0.29, 0.717) is 0 Å². The topological polar surface area (TPSA) is 34.7 Å². The van der Waals surface area contributed by atoms with Gasteiger partial charge >= 0.3 is 0 Å². The number of ether oxygens (including phenoxy) is 1. The summed E-state index contributed by atoms with van der Waals surface area (Å²) in [4.78, 5) is 7.47. The molecule has 0 unspecified atom stereocenters. The van der Waals surface area contributed by atoms with Crippen LogP contribution in [0.1, 0.15) is 5.56 Å². The van der Waals surface area contributed by atoms with E-state index in [9.17, 15) is 0 Å². The van der Waals surface area contributed by atoms with Crippen molar-refractivity contribution in [3.8, 4) is 11.3 Å². The fourth-order valence-corrected chi connectivity index (χ4v) is 3.89. The minimum atomic E-state index is 0. The number of aryl methyl sites for hydroxylation is 1. The molecule has 146 valence electrons. The SMILES string of the molecule is Br.Cc1ccc(-c2cn3c4ccccc4n(CCN4CCOCC4)c3n2)cc1. The number of rotatable bonds is 4. The quantitative estimate of drug-likeness (QED) is 0.477. The number of aromatic nitrogens is 3. The molecule has 2 aromatic carbocycles. The Morgan fingerprint density at radius 3 is 2.39 bits per heavy atom. The standard InChI is InChI=1S/C22H24N4O.BrH/c1-17-6-8-18(9-7-17)19-16-26-21-5-3-2-4-20(21)25(22(26)23-19)11-10-24-12-14-27-15-13-24;/h2-9,16H,10-15H2,1H3;1H. The lowest BCUT2D eigenvalue weighted by Gasteiger charge is -2.26. The maximum Gasteiger partial charge on any atom is 0.215 e. The number of hydrogen-bond acceptors (Lipinski definition) is 3. The maximum absolute atomic E-state index is 5.47. The van der Waals surface area contributed by atoms with Crippen molar-refractivity contribution in [1.82, 2.24) is 18.9 Å². The molecule has 0 spiro atoms. The van der Waals surface area contributed by atoms with Crippen LogP contribution in [0.15, 0.2) is 54.7 Å². The summed E-state index contributed by atoms with van der Waals surface area (Å²) >= 11 is 0. The highest BCUT2D eigenvalue weighted by Gasteiger charge is 2.16. The van der Waals surface area contributed by atoms with Crippen molar-refractivity contribution in [2.75, 3.05) is 32.8 Å². The zero-order valence-corrected chi connectivity index (χ0v) is 17.8. The average molecular weight is 441 g/mol. The van der Waals surface area contributed by atoms with Gasteiger partial charge in [-0.05, 0) is 19.1 Å². The van der Waals surface area contributed by atoms with Gasteiger partial charge in [-0.3, -0.25) is 9.30 Å². The first-order valence-corrected chi connectivity index (χ1v) is 9.63. The van der Waals surface area contributed by atoms with E-state index in [1.165, 1.54) is 16.6 Å². The Balaban J connectivity index is 0.00000192. The largest absolute Gasteiger partial charge is 0.379 e. The molecule has 1 saturated heterocycles. The minimum Gasteiger partial charge on any atom is -0.379 e. The molecule has 28 heavy (non-hydrogen) atoms. The van der Waals surface area contributed by atoms with Crippen LogP contribution < -0.4 is 0 Å². The Bertz CT molecular complexity index is 1080. The Hall–Kier alpha value is -2.15. The van der Waals surface area contributed by atoms with Crippen LogP contribution in [0.2, 0.25) is 0 Å². The molecule has 5 nitrogen and oxygen atoms in total. The van der Waals surface area contributed by atoms with Gasteiger partial charge in [0, 0.05) is 37.9 Å². The molecule has 1 aliphatic rings. The zero-order chi connectivity index (χ0) is 18.2. The third-order valence-electron chi connectivity index (χ3n) is 5.45. The van der Waals surface area contributed by atoms with Crippen LogP contribution in [0.25, 0.3) is 28.1 Å². The molecule has 0 amide bonds. The molecule has 1 aliphatic heterocycles. The first kappa shape index (κ1) is 19.2. The summed E-state index contributed by atoms with van der Waals surface area (Å²) in [5.74, 6) is 1.01. The van der Waals surface area contributed by atoms with Crippen molar-refractivity contribution in [1.29, 1.82) is 0 Å². The van der Waals surface area contributed by atoms with Crippen molar-refractivity contribution in [3.05, 3.63) is 60.3 Å². The summed E-state index contributed by atoms with van der Waals surface area (Å²) in [6, 6.07) is 17.2. The molecule has 0 atom stereocenters. The lowest BCUT2D eigenvalue weighted by Crippen LogP contribution is -2.38. The van der Waals surface area contributed by atoms with Gasteiger partial charge in [0.15, 0.2) is 0 Å². The van der Waals surface area contributed by atoms with Crippen LogP contribution in [-0.2, 0) is 11.3 Å². The van der Waals surface area contributed by atoms with E-state index in [1.54, 1.807) is 0 Å². The van der Waals surface area contributed by atoms with Crippen LogP contribution in [0.4, 0.5) is 0 Å². The molecular weight excluding hydrogens is 416 g/mol. The second-order valence-corrected chi connectivity index (χ2v) is 7.26. The van der Waals surface area contributed by atoms with E-state index in [-0.39, 0.29) is 17.0 Å². The molecule has 1 fully saturated rings. The highest BCUT2D eigenvalue weighted by atomic mass is 79.9. The highest BCUT2D eigenvalue weighted by Crippen LogP contribution is 2.26. The van der Waals surface area contributed by atoms with E-state index in [4.69, 9.17) is 9.72 Å². The Labute approximate surface area is 175 Å². The van der Waals surface area contributed by atoms with Crippen LogP contribution in [0, 0.1) is 6.92 Å². The summed E-state index contributed by atoms with van der Waals surface area (Å²) in [5, 5.41) is 0. The van der Waals surface area contributed by atoms with Crippen LogP contribution in [-0.4, -0.2) is 51.7 Å². The van der Waals surface area contributed by atoms with Gasteiger partial charge in [0.25, 0.3) is 0 Å². The summed E-state index contributed by atoms with van der Waals surface area (Å²) in [7, 11) is 0. The number of para-hydroxylation sites is 2. The third-order valence-corrected chi connectivity index (χ3v) is 5.45. The zero-order valence-electron chi connectivity index (χ0n) is 16.0. The number of nitrogens with zero attached hydrogens (tertiary/aromatic N) is 4. The van der Waals surface area contributed by atoms with Crippen molar-refractivity contribution >= 4 is 33.8 Å². The van der Waals surface area contributed by atoms with Crippen LogP contribution in [0.3, 0.4) is 0 Å². The molecular formula is C22H25BrN4O. The maximum atomic E-state index is 5.47. The van der Waals surface area contributed by atoms with E-state index in [2.05, 4.69) is 75.5 Å². The second kappa shape index (κ2) is 8.07. The summed E-state index contributed by atoms with van der Waals surface area (Å²) in [6.07, 6.45) is 2.16. The van der Waals surface area contributed by atoms with E-state index < -0.39 is 0 Å². The van der Waals surface area contributed by atoms with Gasteiger partial charge in [0.05, 0.1) is 29.9 Å². The number of hydrogen-bond donors (Lipinski definition) is 0. The summed E-state index contributed by atoms with van der Waals surface area (Å²) in [5.41, 5.74) is 5.90. The molecule has 0 saturated carbocycles. The number of halogens is 1. The minimum absolute atomic E-state index is 0. The van der Waals surface area contributed by atoms with Gasteiger partial charge in [-0.15, -0.1) is 17.0 Å². The molecule has 3 heterocycles. The Morgan fingerprint density at radius 1 is 0.929 bits per heavy atom. The normalized spacial score (nSPS) is 15.2. The predicted molar refractivity (Wildman–Crippen MR) is 118 cm³/mol. The summed E-state index contributed by atoms with van der Waals surface area (Å²) < 4.78 is 10.0. The molecule has 0 aliphatic carbocycles. The smallest absolute Gasteiger partial charge is 0.215 e. The van der Waals surface area contributed by atoms with Gasteiger partial charge in [0.2, 0.25) is 5.78 Å². The van der Waals surface area contributed by atoms with Crippen molar-refractivity contribution in [3.63, 3.8) is 0 Å². The van der Waals surface area contributed by atoms with Crippen molar-refractivity contribution < 1.29 is 4.74 Å². The molecule has 0 N–H and O–H groups in total. The molecule has 4 aromatic rings. The summed E-state index contributed by atoms with van der Waals surface area (Å²) in [6.45, 7) is 7.76. The number of morpholine rings is 1. The monoisotopic (exact) mass is 440 g/mol. The second-order valence-electron chi connectivity index (χ2n) is 7.26. The average Bonchev–Trinajstić information content (AvgIpc) is 3.26. The number of fused-ring (bicyclic) bond motifs is 3. The number of imidazole rings is 2. The lowest BCUT2D eigenvalue weighted by molar-refractivity contribution is 0.0366. The van der Waals surface area contributed by atoms with Crippen LogP contribution >= 0.6 is 17.0 Å². The van der Waals surface area contributed by atoms with Gasteiger partial charge in [-0.25, -0.2) is 4.98 Å². The number of benzene rings is 2. The molecule has 0 radical (unpaired) electrons. The first-order chi connectivity index (χ1) is 13.3. The fourth-order valence-electron chi connectivity index (χ4n) is 3.89. The van der Waals surface area contributed by atoms with Gasteiger partial charge in [0.1, 0.15) is 0 Å². The van der Waals surface area contributed by atoms with Crippen molar-refractivity contribution in [2.45, 2.75) is 13.5 Å².